The van der Waals surface area contributed by atoms with Crippen molar-refractivity contribution in [3.8, 4) is 11.3 Å². The third-order valence-electron chi connectivity index (χ3n) is 8.73. The number of aryl methyl sites for hydroxylation is 2. The van der Waals surface area contributed by atoms with E-state index in [1.807, 2.05) is 6.07 Å². The summed E-state index contributed by atoms with van der Waals surface area (Å²) >= 11 is 0. The molecule has 0 unspecified atom stereocenters. The lowest BCUT2D eigenvalue weighted by Gasteiger charge is -2.30. The molecule has 4 aromatic heterocycles. The Kier molecular flexibility index (Phi) is 7.63. The van der Waals surface area contributed by atoms with Gasteiger partial charge in [0, 0.05) is 62.4 Å². The minimum absolute atomic E-state index is 0.0950. The standard InChI is InChI=1S/C32H34N8O5/c1-37-18-24(35-27-7-6-21(17-34-27)31(43)38-12-14-45-15-13-38)29(42)28(36-37)22-8-9-33-30(23(22)19-41)40-11-10-39-25-5-3-2-4-20(25)16-26(39)32(40)44/h6-9,16-18,41H,2-5,10-15,19H2,1H3,(H,34,35). The summed E-state index contributed by atoms with van der Waals surface area (Å²) in [6.07, 6.45) is 8.76. The van der Waals surface area contributed by atoms with Crippen LogP contribution in [-0.4, -0.2) is 79.0 Å². The second-order valence-corrected chi connectivity index (χ2v) is 11.5. The average Bonchev–Trinajstić information content (AvgIpc) is 3.46. The SMILES string of the molecule is Cn1cc(Nc2ccc(C(=O)N3CCOCC3)cn2)c(=O)c(-c2ccnc(N3CCn4c(cc5c4CCCC5)C3=O)c2CO)n1. The Bertz CT molecular complexity index is 1840. The molecule has 6 heterocycles. The summed E-state index contributed by atoms with van der Waals surface area (Å²) in [6, 6.07) is 6.94. The van der Waals surface area contributed by atoms with Crippen LogP contribution in [0.15, 0.2) is 47.7 Å². The van der Waals surface area contributed by atoms with Gasteiger partial charge in [-0.25, -0.2) is 9.97 Å². The molecule has 0 saturated carbocycles. The van der Waals surface area contributed by atoms with Gasteiger partial charge in [-0.05, 0) is 55.5 Å². The highest BCUT2D eigenvalue weighted by Crippen LogP contribution is 2.33. The van der Waals surface area contributed by atoms with E-state index in [0.717, 1.165) is 25.7 Å². The second kappa shape index (κ2) is 11.9. The van der Waals surface area contributed by atoms with Crippen molar-refractivity contribution in [3.63, 3.8) is 0 Å². The van der Waals surface area contributed by atoms with E-state index in [1.165, 1.54) is 28.3 Å². The zero-order valence-electron chi connectivity index (χ0n) is 25.0. The van der Waals surface area contributed by atoms with E-state index < -0.39 is 12.0 Å². The van der Waals surface area contributed by atoms with Crippen molar-refractivity contribution in [2.45, 2.75) is 38.8 Å². The number of pyridine rings is 2. The Morgan fingerprint density at radius 1 is 1.04 bits per heavy atom. The van der Waals surface area contributed by atoms with Crippen molar-refractivity contribution < 1.29 is 19.4 Å². The first-order valence-corrected chi connectivity index (χ1v) is 15.2. The van der Waals surface area contributed by atoms with Crippen LogP contribution < -0.4 is 15.6 Å². The first-order chi connectivity index (χ1) is 21.9. The van der Waals surface area contributed by atoms with E-state index in [9.17, 15) is 19.5 Å². The monoisotopic (exact) mass is 610 g/mol. The van der Waals surface area contributed by atoms with Gasteiger partial charge in [0.05, 0.1) is 31.6 Å². The summed E-state index contributed by atoms with van der Waals surface area (Å²) in [6.45, 7) is 2.67. The molecule has 1 fully saturated rings. The van der Waals surface area contributed by atoms with Gasteiger partial charge in [-0.1, -0.05) is 0 Å². The van der Waals surface area contributed by atoms with Crippen LogP contribution in [0.4, 0.5) is 17.3 Å². The molecule has 13 nitrogen and oxygen atoms in total. The van der Waals surface area contributed by atoms with Crippen LogP contribution in [-0.2, 0) is 37.8 Å². The molecule has 2 aliphatic heterocycles. The number of anilines is 3. The van der Waals surface area contributed by atoms with E-state index in [0.29, 0.717) is 73.4 Å². The minimum atomic E-state index is -0.442. The predicted octanol–water partition coefficient (Wildman–Crippen LogP) is 2.29. The summed E-state index contributed by atoms with van der Waals surface area (Å²) in [5.74, 6) is 0.400. The lowest BCUT2D eigenvalue weighted by molar-refractivity contribution is 0.0302. The van der Waals surface area contributed by atoms with Gasteiger partial charge in [0.25, 0.3) is 11.8 Å². The molecule has 0 radical (unpaired) electrons. The van der Waals surface area contributed by atoms with Crippen molar-refractivity contribution >= 4 is 29.1 Å². The molecule has 1 saturated heterocycles. The maximum Gasteiger partial charge on any atom is 0.276 e. The van der Waals surface area contributed by atoms with Crippen molar-refractivity contribution in [2.75, 3.05) is 43.1 Å². The Labute approximate surface area is 259 Å². The van der Waals surface area contributed by atoms with Crippen molar-refractivity contribution in [2.24, 2.45) is 7.05 Å². The Balaban J connectivity index is 1.18. The zero-order valence-corrected chi connectivity index (χ0v) is 25.0. The van der Waals surface area contributed by atoms with Crippen LogP contribution in [0.5, 0.6) is 0 Å². The lowest BCUT2D eigenvalue weighted by atomic mass is 9.98. The number of ether oxygens (including phenoxy) is 1. The van der Waals surface area contributed by atoms with Gasteiger partial charge in [0.1, 0.15) is 28.7 Å². The molecule has 1 aliphatic carbocycles. The van der Waals surface area contributed by atoms with Crippen LogP contribution in [0.1, 0.15) is 50.5 Å². The summed E-state index contributed by atoms with van der Waals surface area (Å²) in [5.41, 5.74) is 4.19. The van der Waals surface area contributed by atoms with Crippen LogP contribution >= 0.6 is 0 Å². The number of carbonyl (C=O) groups excluding carboxylic acids is 2. The fraction of sp³-hybridized carbons (Fsp3) is 0.375. The molecular weight excluding hydrogens is 576 g/mol. The Morgan fingerprint density at radius 2 is 1.87 bits per heavy atom. The minimum Gasteiger partial charge on any atom is -0.392 e. The molecule has 7 rings (SSSR count). The van der Waals surface area contributed by atoms with Gasteiger partial charge in [-0.15, -0.1) is 0 Å². The number of aliphatic hydroxyl groups excluding tert-OH is 1. The summed E-state index contributed by atoms with van der Waals surface area (Å²) in [4.78, 5) is 52.5. The summed E-state index contributed by atoms with van der Waals surface area (Å²) in [5, 5.41) is 18.1. The highest BCUT2D eigenvalue weighted by atomic mass is 16.5. The maximum absolute atomic E-state index is 13.8. The number of carbonyl (C=O) groups is 2. The highest BCUT2D eigenvalue weighted by Gasteiger charge is 2.33. The largest absolute Gasteiger partial charge is 0.392 e. The number of nitrogens with zero attached hydrogens (tertiary/aromatic N) is 7. The predicted molar refractivity (Wildman–Crippen MR) is 166 cm³/mol. The zero-order chi connectivity index (χ0) is 31.1. The number of amides is 2. The molecule has 4 aromatic rings. The highest BCUT2D eigenvalue weighted by molar-refractivity contribution is 6.06. The lowest BCUT2D eigenvalue weighted by Crippen LogP contribution is -2.41. The van der Waals surface area contributed by atoms with Gasteiger partial charge >= 0.3 is 0 Å². The van der Waals surface area contributed by atoms with E-state index in [4.69, 9.17) is 4.74 Å². The fourth-order valence-corrected chi connectivity index (χ4v) is 6.48. The molecule has 3 aliphatic rings. The van der Waals surface area contributed by atoms with Crippen LogP contribution in [0.25, 0.3) is 11.3 Å². The molecule has 2 amide bonds. The Morgan fingerprint density at radius 3 is 2.64 bits per heavy atom. The number of fused-ring (bicyclic) bond motifs is 3. The van der Waals surface area contributed by atoms with Crippen LogP contribution in [0.3, 0.4) is 0 Å². The summed E-state index contributed by atoms with van der Waals surface area (Å²) < 4.78 is 8.95. The number of hydrogen-bond acceptors (Lipinski definition) is 9. The second-order valence-electron chi connectivity index (χ2n) is 11.5. The Hall–Kier alpha value is -4.88. The van der Waals surface area contributed by atoms with Crippen LogP contribution in [0.2, 0.25) is 0 Å². The first kappa shape index (κ1) is 28.9. The molecular formula is C32H34N8O5. The van der Waals surface area contributed by atoms with E-state index in [2.05, 4.69) is 25.0 Å². The third kappa shape index (κ3) is 5.27. The molecule has 13 heteroatoms. The quantitative estimate of drug-likeness (QED) is 0.336. The maximum atomic E-state index is 13.8. The van der Waals surface area contributed by atoms with Crippen molar-refractivity contribution in [1.82, 2.24) is 29.2 Å². The molecule has 2 N–H and O–H groups in total. The van der Waals surface area contributed by atoms with Gasteiger partial charge in [-0.2, -0.15) is 5.10 Å². The number of morpholine rings is 1. The normalized spacial score (nSPS) is 16.4. The molecule has 0 atom stereocenters. The van der Waals surface area contributed by atoms with Gasteiger partial charge in [0.2, 0.25) is 5.43 Å². The van der Waals surface area contributed by atoms with E-state index >= 15 is 0 Å². The fourth-order valence-electron chi connectivity index (χ4n) is 6.48. The van der Waals surface area contributed by atoms with Crippen molar-refractivity contribution in [3.05, 3.63) is 81.2 Å². The third-order valence-corrected chi connectivity index (χ3v) is 8.73. The number of nitrogens with one attached hydrogen (secondary N) is 1. The number of aromatic nitrogens is 5. The van der Waals surface area contributed by atoms with Gasteiger partial charge < -0.3 is 24.6 Å². The molecule has 0 spiro atoms. The first-order valence-electron chi connectivity index (χ1n) is 15.2. The van der Waals surface area contributed by atoms with Gasteiger partial charge in [-0.3, -0.25) is 24.0 Å². The number of aliphatic hydroxyl groups is 1. The molecule has 232 valence electrons. The van der Waals surface area contributed by atoms with Gasteiger partial charge in [0.15, 0.2) is 0 Å². The molecule has 45 heavy (non-hydrogen) atoms. The number of hydrogen-bond donors (Lipinski definition) is 2. The average molecular weight is 611 g/mol. The topological polar surface area (TPSA) is 148 Å². The molecule has 0 bridgehead atoms. The summed E-state index contributed by atoms with van der Waals surface area (Å²) in [7, 11) is 1.69. The van der Waals surface area contributed by atoms with E-state index in [-0.39, 0.29) is 23.2 Å². The smallest absolute Gasteiger partial charge is 0.276 e. The number of rotatable bonds is 6. The van der Waals surface area contributed by atoms with Crippen LogP contribution in [0, 0.1) is 0 Å². The van der Waals surface area contributed by atoms with Crippen molar-refractivity contribution in [1.29, 1.82) is 0 Å². The van der Waals surface area contributed by atoms with E-state index in [1.54, 1.807) is 41.2 Å². The molecule has 0 aromatic carbocycles.